The molecule has 162 valence electrons. The van der Waals surface area contributed by atoms with Crippen molar-refractivity contribution in [3.63, 3.8) is 0 Å². The Morgan fingerprint density at radius 2 is 1.81 bits per heavy atom. The number of imidazole rings is 1. The second kappa shape index (κ2) is 9.21. The van der Waals surface area contributed by atoms with Gasteiger partial charge in [0.15, 0.2) is 0 Å². The lowest BCUT2D eigenvalue weighted by atomic mass is 9.97. The van der Waals surface area contributed by atoms with Gasteiger partial charge < -0.3 is 9.88 Å². The zero-order valence-electron chi connectivity index (χ0n) is 16.8. The predicted octanol–water partition coefficient (Wildman–Crippen LogP) is 3.24. The Bertz CT molecular complexity index is 1140. The average molecular weight is 459 g/mol. The zero-order valence-corrected chi connectivity index (χ0v) is 18.4. The van der Waals surface area contributed by atoms with Crippen LogP contribution in [-0.4, -0.2) is 41.3 Å². The minimum atomic E-state index is -3.58. The maximum atomic E-state index is 12.8. The fourth-order valence-electron chi connectivity index (χ4n) is 3.75. The molecule has 1 N–H and O–H groups in total. The molecular weight excluding hydrogens is 436 g/mol. The van der Waals surface area contributed by atoms with Crippen molar-refractivity contribution in [1.82, 2.24) is 19.2 Å². The van der Waals surface area contributed by atoms with Crippen LogP contribution < -0.4 is 5.32 Å². The molecule has 1 amide bonds. The molecule has 0 spiro atoms. The number of piperidine rings is 1. The normalized spacial score (nSPS) is 15.6. The average Bonchev–Trinajstić information content (AvgIpc) is 3.33. The van der Waals surface area contributed by atoms with Gasteiger partial charge in [-0.3, -0.25) is 4.79 Å². The summed E-state index contributed by atoms with van der Waals surface area (Å²) < 4.78 is 29.0. The number of para-hydroxylation sites is 1. The second-order valence-electron chi connectivity index (χ2n) is 7.45. The lowest BCUT2D eigenvalue weighted by Crippen LogP contribution is -2.42. The van der Waals surface area contributed by atoms with Gasteiger partial charge in [0.1, 0.15) is 0 Å². The third-order valence-corrected chi connectivity index (χ3v) is 7.67. The van der Waals surface area contributed by atoms with E-state index >= 15 is 0 Å². The number of nitrogens with zero attached hydrogens (tertiary/aromatic N) is 3. The molecule has 1 aromatic heterocycles. The number of aromatic nitrogens is 2. The molecule has 0 unspecified atom stereocenters. The van der Waals surface area contributed by atoms with Gasteiger partial charge in [-0.25, -0.2) is 13.4 Å². The van der Waals surface area contributed by atoms with E-state index in [0.29, 0.717) is 37.5 Å². The third kappa shape index (κ3) is 4.81. The standard InChI is InChI=1S/C22H23ClN4O3S/c23-19-5-7-20(8-6-19)31(29,30)27-12-9-17(10-13-27)22(28)25-15-18-3-1-2-4-21(18)26-14-11-24-16-26/h1-8,11,14,16-17H,9-10,12-13,15H2,(H,25,28). The van der Waals surface area contributed by atoms with E-state index in [1.165, 1.54) is 16.4 Å². The van der Waals surface area contributed by atoms with Crippen LogP contribution in [0.15, 0.2) is 72.1 Å². The van der Waals surface area contributed by atoms with Gasteiger partial charge in [-0.2, -0.15) is 4.31 Å². The minimum Gasteiger partial charge on any atom is -0.352 e. The number of carbonyl (C=O) groups excluding carboxylic acids is 1. The highest BCUT2D eigenvalue weighted by Crippen LogP contribution is 2.25. The van der Waals surface area contributed by atoms with E-state index in [9.17, 15) is 13.2 Å². The summed E-state index contributed by atoms with van der Waals surface area (Å²) in [6.07, 6.45) is 6.26. The van der Waals surface area contributed by atoms with Crippen molar-refractivity contribution >= 4 is 27.5 Å². The lowest BCUT2D eigenvalue weighted by molar-refractivity contribution is -0.126. The fraction of sp³-hybridized carbons (Fsp3) is 0.273. The Hall–Kier alpha value is -2.68. The summed E-state index contributed by atoms with van der Waals surface area (Å²) >= 11 is 5.86. The van der Waals surface area contributed by atoms with Crippen LogP contribution in [0.4, 0.5) is 0 Å². The molecule has 0 saturated carbocycles. The first-order chi connectivity index (χ1) is 14.9. The molecule has 2 heterocycles. The second-order valence-corrected chi connectivity index (χ2v) is 9.82. The van der Waals surface area contributed by atoms with Gasteiger partial charge in [-0.15, -0.1) is 0 Å². The molecule has 9 heteroatoms. The van der Waals surface area contributed by atoms with E-state index in [0.717, 1.165) is 11.3 Å². The third-order valence-electron chi connectivity index (χ3n) is 5.50. The summed E-state index contributed by atoms with van der Waals surface area (Å²) in [7, 11) is -3.58. The van der Waals surface area contributed by atoms with Crippen molar-refractivity contribution in [3.8, 4) is 5.69 Å². The molecule has 0 aliphatic carbocycles. The molecule has 1 fully saturated rings. The van der Waals surface area contributed by atoms with E-state index in [1.807, 2.05) is 35.0 Å². The molecule has 1 aliphatic heterocycles. The van der Waals surface area contributed by atoms with Crippen LogP contribution in [-0.2, 0) is 21.4 Å². The van der Waals surface area contributed by atoms with Crippen LogP contribution in [0.3, 0.4) is 0 Å². The number of amides is 1. The van der Waals surface area contributed by atoms with Gasteiger partial charge in [0.05, 0.1) is 16.9 Å². The molecule has 7 nitrogen and oxygen atoms in total. The highest BCUT2D eigenvalue weighted by atomic mass is 35.5. The molecule has 3 aromatic rings. The zero-order chi connectivity index (χ0) is 21.8. The van der Waals surface area contributed by atoms with Crippen LogP contribution in [0.2, 0.25) is 5.02 Å². The van der Waals surface area contributed by atoms with Gasteiger partial charge in [0.2, 0.25) is 15.9 Å². The van der Waals surface area contributed by atoms with Crippen LogP contribution in [0.1, 0.15) is 18.4 Å². The quantitative estimate of drug-likeness (QED) is 0.614. The lowest BCUT2D eigenvalue weighted by Gasteiger charge is -2.30. The number of carbonyl (C=O) groups is 1. The van der Waals surface area contributed by atoms with Crippen LogP contribution in [0.25, 0.3) is 5.69 Å². The SMILES string of the molecule is O=C(NCc1ccccc1-n1ccnc1)C1CCN(S(=O)(=O)c2ccc(Cl)cc2)CC1. The summed E-state index contributed by atoms with van der Waals surface area (Å²) in [5.74, 6) is -0.263. The van der Waals surface area contributed by atoms with Crippen molar-refractivity contribution in [2.75, 3.05) is 13.1 Å². The van der Waals surface area contributed by atoms with Crippen molar-refractivity contribution in [2.24, 2.45) is 5.92 Å². The van der Waals surface area contributed by atoms with Crippen LogP contribution in [0.5, 0.6) is 0 Å². The molecule has 1 saturated heterocycles. The molecule has 0 radical (unpaired) electrons. The van der Waals surface area contributed by atoms with E-state index in [2.05, 4.69) is 10.3 Å². The van der Waals surface area contributed by atoms with E-state index in [-0.39, 0.29) is 16.7 Å². The molecule has 2 aromatic carbocycles. The predicted molar refractivity (Wildman–Crippen MR) is 118 cm³/mol. The Labute approximate surface area is 186 Å². The number of benzene rings is 2. The largest absolute Gasteiger partial charge is 0.352 e. The number of sulfonamides is 1. The van der Waals surface area contributed by atoms with Crippen molar-refractivity contribution in [1.29, 1.82) is 0 Å². The van der Waals surface area contributed by atoms with Crippen LogP contribution in [0, 0.1) is 5.92 Å². The van der Waals surface area contributed by atoms with Crippen molar-refractivity contribution in [3.05, 3.63) is 77.8 Å². The summed E-state index contributed by atoms with van der Waals surface area (Å²) in [6.45, 7) is 1.03. The molecule has 31 heavy (non-hydrogen) atoms. The van der Waals surface area contributed by atoms with E-state index in [4.69, 9.17) is 11.6 Å². The molecular formula is C22H23ClN4O3S. The van der Waals surface area contributed by atoms with Crippen molar-refractivity contribution < 1.29 is 13.2 Å². The molecule has 4 rings (SSSR count). The van der Waals surface area contributed by atoms with Gasteiger partial charge in [-0.05, 0) is 48.7 Å². The molecule has 0 bridgehead atoms. The Kier molecular flexibility index (Phi) is 6.41. The Balaban J connectivity index is 1.35. The highest BCUT2D eigenvalue weighted by molar-refractivity contribution is 7.89. The number of halogens is 1. The first-order valence-corrected chi connectivity index (χ1v) is 11.9. The topological polar surface area (TPSA) is 84.3 Å². The van der Waals surface area contributed by atoms with E-state index in [1.54, 1.807) is 24.7 Å². The minimum absolute atomic E-state index is 0.0519. The van der Waals surface area contributed by atoms with Gasteiger partial charge in [0.25, 0.3) is 0 Å². The number of hydrogen-bond donors (Lipinski definition) is 1. The maximum absolute atomic E-state index is 12.8. The first kappa shape index (κ1) is 21.5. The summed E-state index contributed by atoms with van der Waals surface area (Å²) in [5, 5.41) is 3.50. The monoisotopic (exact) mass is 458 g/mol. The smallest absolute Gasteiger partial charge is 0.243 e. The van der Waals surface area contributed by atoms with Crippen LogP contribution >= 0.6 is 11.6 Å². The van der Waals surface area contributed by atoms with Crippen molar-refractivity contribution in [2.45, 2.75) is 24.3 Å². The van der Waals surface area contributed by atoms with Gasteiger partial charge in [-0.1, -0.05) is 29.8 Å². The first-order valence-electron chi connectivity index (χ1n) is 10.0. The fourth-order valence-corrected chi connectivity index (χ4v) is 5.35. The Morgan fingerprint density at radius 1 is 1.10 bits per heavy atom. The molecule has 0 atom stereocenters. The Morgan fingerprint density at radius 3 is 2.48 bits per heavy atom. The van der Waals surface area contributed by atoms with Gasteiger partial charge >= 0.3 is 0 Å². The van der Waals surface area contributed by atoms with E-state index < -0.39 is 10.0 Å². The summed E-state index contributed by atoms with van der Waals surface area (Å²) in [6, 6.07) is 14.0. The number of nitrogens with one attached hydrogen (secondary N) is 1. The summed E-state index contributed by atoms with van der Waals surface area (Å²) in [4.78, 5) is 17.0. The van der Waals surface area contributed by atoms with Gasteiger partial charge in [0, 0.05) is 43.0 Å². The molecule has 1 aliphatic rings. The number of rotatable bonds is 6. The summed E-state index contributed by atoms with van der Waals surface area (Å²) in [5.41, 5.74) is 1.95. The highest BCUT2D eigenvalue weighted by Gasteiger charge is 2.32. The maximum Gasteiger partial charge on any atom is 0.243 e. The number of hydrogen-bond acceptors (Lipinski definition) is 4.